The molecule has 0 atom stereocenters. The van der Waals surface area contributed by atoms with Crippen molar-refractivity contribution in [3.8, 4) is 0 Å². The van der Waals surface area contributed by atoms with Crippen LogP contribution in [-0.4, -0.2) is 27.7 Å². The average molecular weight is 297 g/mol. The van der Waals surface area contributed by atoms with E-state index >= 15 is 0 Å². The Balaban J connectivity index is 2.78. The second kappa shape index (κ2) is 7.55. The lowest BCUT2D eigenvalue weighted by molar-refractivity contribution is 0.0405. The van der Waals surface area contributed by atoms with Gasteiger partial charge in [0, 0.05) is 11.4 Å². The van der Waals surface area contributed by atoms with E-state index in [1.54, 1.807) is 4.31 Å². The van der Waals surface area contributed by atoms with Gasteiger partial charge in [0.05, 0.1) is 6.61 Å². The number of rotatable bonds is 5. The van der Waals surface area contributed by atoms with Crippen molar-refractivity contribution in [2.45, 2.75) is 51.2 Å². The molecule has 1 N–H and O–H groups in total. The molecule has 0 aromatic heterocycles. The Morgan fingerprint density at radius 2 is 2.10 bits per heavy atom. The molecule has 0 aliphatic heterocycles. The minimum Gasteiger partial charge on any atom is -0.443 e. The molecule has 0 radical (unpaired) electrons. The minimum absolute atomic E-state index is 0.00534. The first-order chi connectivity index (χ1) is 9.35. The van der Waals surface area contributed by atoms with Crippen LogP contribution in [0.5, 0.6) is 0 Å². The monoisotopic (exact) mass is 297 g/mol. The smallest absolute Gasteiger partial charge is 0.420 e. The van der Waals surface area contributed by atoms with Crippen molar-refractivity contribution in [3.05, 3.63) is 29.8 Å². The summed E-state index contributed by atoms with van der Waals surface area (Å²) in [7, 11) is 0. The van der Waals surface area contributed by atoms with Crippen molar-refractivity contribution in [1.29, 1.82) is 0 Å². The average Bonchev–Trinajstić information content (AvgIpc) is 2.36. The standard InChI is InChI=1S/C15H23NO3S/c1-5-9-16(14(18)19-15(2,3)4)20-13-8-6-7-12(10-13)11-17/h6-8,10,17H,5,9,11H2,1-4H3. The van der Waals surface area contributed by atoms with Gasteiger partial charge in [-0.05, 0) is 56.8 Å². The van der Waals surface area contributed by atoms with Gasteiger partial charge in [0.15, 0.2) is 0 Å². The number of carbonyl (C=O) groups is 1. The molecule has 0 aliphatic carbocycles. The third kappa shape index (κ3) is 5.84. The van der Waals surface area contributed by atoms with Gasteiger partial charge in [0.25, 0.3) is 0 Å². The summed E-state index contributed by atoms with van der Waals surface area (Å²) in [5, 5.41) is 9.15. The fourth-order valence-corrected chi connectivity index (χ4v) is 2.50. The highest BCUT2D eigenvalue weighted by atomic mass is 32.2. The van der Waals surface area contributed by atoms with Gasteiger partial charge in [-0.25, -0.2) is 9.10 Å². The number of aliphatic hydroxyl groups excluding tert-OH is 1. The van der Waals surface area contributed by atoms with E-state index in [1.807, 2.05) is 52.0 Å². The Hall–Kier alpha value is -1.20. The van der Waals surface area contributed by atoms with Gasteiger partial charge in [-0.2, -0.15) is 0 Å². The van der Waals surface area contributed by atoms with Gasteiger partial charge < -0.3 is 9.84 Å². The molecule has 1 amide bonds. The maximum absolute atomic E-state index is 12.1. The summed E-state index contributed by atoms with van der Waals surface area (Å²) in [5.41, 5.74) is 0.326. The van der Waals surface area contributed by atoms with Gasteiger partial charge in [-0.15, -0.1) is 0 Å². The summed E-state index contributed by atoms with van der Waals surface area (Å²) in [5.74, 6) is 0. The SMILES string of the molecule is CCCN(Sc1cccc(CO)c1)C(=O)OC(C)(C)C. The molecule has 0 saturated heterocycles. The second-order valence-electron chi connectivity index (χ2n) is 5.48. The first-order valence-corrected chi connectivity index (χ1v) is 7.51. The zero-order valence-corrected chi connectivity index (χ0v) is 13.4. The predicted molar refractivity (Wildman–Crippen MR) is 81.5 cm³/mol. The number of hydrogen-bond acceptors (Lipinski definition) is 4. The van der Waals surface area contributed by atoms with Gasteiger partial charge in [-0.3, -0.25) is 0 Å². The molecule has 0 heterocycles. The van der Waals surface area contributed by atoms with Crippen molar-refractivity contribution in [1.82, 2.24) is 4.31 Å². The quantitative estimate of drug-likeness (QED) is 0.839. The van der Waals surface area contributed by atoms with Crippen LogP contribution in [-0.2, 0) is 11.3 Å². The molecule has 1 rings (SSSR count). The highest BCUT2D eigenvalue weighted by Crippen LogP contribution is 2.26. The summed E-state index contributed by atoms with van der Waals surface area (Å²) in [6.45, 7) is 8.18. The number of nitrogens with zero attached hydrogens (tertiary/aromatic N) is 1. The number of amides is 1. The molecule has 1 aromatic carbocycles. The topological polar surface area (TPSA) is 49.8 Å². The maximum Gasteiger partial charge on any atom is 0.420 e. The van der Waals surface area contributed by atoms with Crippen LogP contribution in [0.4, 0.5) is 4.79 Å². The Bertz CT molecular complexity index is 443. The van der Waals surface area contributed by atoms with Gasteiger partial charge >= 0.3 is 6.09 Å². The van der Waals surface area contributed by atoms with Gasteiger partial charge in [-0.1, -0.05) is 19.1 Å². The van der Waals surface area contributed by atoms with Crippen LogP contribution in [0.2, 0.25) is 0 Å². The lowest BCUT2D eigenvalue weighted by Gasteiger charge is -2.26. The molecule has 0 saturated carbocycles. The van der Waals surface area contributed by atoms with Crippen LogP contribution in [0.3, 0.4) is 0 Å². The van der Waals surface area contributed by atoms with Crippen LogP contribution < -0.4 is 0 Å². The van der Waals surface area contributed by atoms with Crippen molar-refractivity contribution in [3.63, 3.8) is 0 Å². The molecule has 4 nitrogen and oxygen atoms in total. The summed E-state index contributed by atoms with van der Waals surface area (Å²) in [6, 6.07) is 7.50. The highest BCUT2D eigenvalue weighted by molar-refractivity contribution is 7.97. The molecule has 1 aromatic rings. The molecule has 0 fully saturated rings. The zero-order valence-electron chi connectivity index (χ0n) is 12.5. The predicted octanol–water partition coefficient (Wildman–Crippen LogP) is 3.83. The van der Waals surface area contributed by atoms with E-state index in [0.717, 1.165) is 16.9 Å². The largest absolute Gasteiger partial charge is 0.443 e. The van der Waals surface area contributed by atoms with Gasteiger partial charge in [0.2, 0.25) is 0 Å². The third-order valence-electron chi connectivity index (χ3n) is 2.32. The first kappa shape index (κ1) is 16.9. The van der Waals surface area contributed by atoms with E-state index in [0.29, 0.717) is 6.54 Å². The van der Waals surface area contributed by atoms with E-state index in [9.17, 15) is 4.79 Å². The zero-order chi connectivity index (χ0) is 15.2. The summed E-state index contributed by atoms with van der Waals surface area (Å²) in [4.78, 5) is 13.1. The summed E-state index contributed by atoms with van der Waals surface area (Å²) in [6.07, 6.45) is 0.519. The van der Waals surface area contributed by atoms with Gasteiger partial charge in [0.1, 0.15) is 5.60 Å². The van der Waals surface area contributed by atoms with Crippen LogP contribution in [0.15, 0.2) is 29.2 Å². The molecule has 0 bridgehead atoms. The number of aliphatic hydroxyl groups is 1. The lowest BCUT2D eigenvalue weighted by Crippen LogP contribution is -2.33. The van der Waals surface area contributed by atoms with Crippen LogP contribution in [0, 0.1) is 0 Å². The molecule has 5 heteroatoms. The van der Waals surface area contributed by atoms with Crippen molar-refractivity contribution < 1.29 is 14.6 Å². The van der Waals surface area contributed by atoms with E-state index < -0.39 is 5.60 Å². The molecule has 112 valence electrons. The first-order valence-electron chi connectivity index (χ1n) is 6.74. The molecular formula is C15H23NO3S. The van der Waals surface area contributed by atoms with E-state index in [2.05, 4.69) is 0 Å². The summed E-state index contributed by atoms with van der Waals surface area (Å²) >= 11 is 1.34. The fraction of sp³-hybridized carbons (Fsp3) is 0.533. The van der Waals surface area contributed by atoms with Crippen LogP contribution in [0.25, 0.3) is 0 Å². The Kier molecular flexibility index (Phi) is 6.36. The number of hydrogen-bond donors (Lipinski definition) is 1. The number of ether oxygens (including phenoxy) is 1. The van der Waals surface area contributed by atoms with Crippen LogP contribution in [0.1, 0.15) is 39.7 Å². The molecule has 20 heavy (non-hydrogen) atoms. The Morgan fingerprint density at radius 3 is 2.65 bits per heavy atom. The lowest BCUT2D eigenvalue weighted by atomic mass is 10.2. The van der Waals surface area contributed by atoms with Crippen molar-refractivity contribution in [2.75, 3.05) is 6.54 Å². The Labute approximate surface area is 125 Å². The maximum atomic E-state index is 12.1. The molecule has 0 spiro atoms. The minimum atomic E-state index is -0.503. The Morgan fingerprint density at radius 1 is 1.40 bits per heavy atom. The number of benzene rings is 1. The molecule has 0 unspecified atom stereocenters. The van der Waals surface area contributed by atoms with E-state index in [4.69, 9.17) is 9.84 Å². The highest BCUT2D eigenvalue weighted by Gasteiger charge is 2.22. The molecule has 0 aliphatic rings. The third-order valence-corrected chi connectivity index (χ3v) is 3.34. The van der Waals surface area contributed by atoms with Crippen LogP contribution >= 0.6 is 11.9 Å². The van der Waals surface area contributed by atoms with E-state index in [1.165, 1.54) is 11.9 Å². The fourth-order valence-electron chi connectivity index (χ4n) is 1.52. The summed E-state index contributed by atoms with van der Waals surface area (Å²) < 4.78 is 7.01. The van der Waals surface area contributed by atoms with Crippen molar-refractivity contribution >= 4 is 18.0 Å². The van der Waals surface area contributed by atoms with E-state index in [-0.39, 0.29) is 12.7 Å². The second-order valence-corrected chi connectivity index (χ2v) is 6.57. The van der Waals surface area contributed by atoms with Crippen molar-refractivity contribution in [2.24, 2.45) is 0 Å². The number of carbonyl (C=O) groups excluding carboxylic acids is 1. The molecular weight excluding hydrogens is 274 g/mol. The normalized spacial score (nSPS) is 11.2.